The van der Waals surface area contributed by atoms with Gasteiger partial charge in [-0.05, 0) is 31.7 Å². The number of carbonyl (C=O) groups is 2. The minimum absolute atomic E-state index is 0.0374. The maximum atomic E-state index is 12.1. The minimum atomic E-state index is -0.574. The minimum Gasteiger partial charge on any atom is -0.488 e. The van der Waals surface area contributed by atoms with Gasteiger partial charge >= 0.3 is 0 Å². The maximum Gasteiger partial charge on any atom is 0.267 e. The van der Waals surface area contributed by atoms with E-state index >= 15 is 0 Å². The normalized spacial score (nSPS) is 21.9. The van der Waals surface area contributed by atoms with Crippen molar-refractivity contribution in [1.82, 2.24) is 9.88 Å². The van der Waals surface area contributed by atoms with E-state index in [1.54, 1.807) is 12.1 Å². The Morgan fingerprint density at radius 2 is 2.14 bits per heavy atom. The highest BCUT2D eigenvalue weighted by Crippen LogP contribution is 2.32. The van der Waals surface area contributed by atoms with Crippen LogP contribution in [0.25, 0.3) is 0 Å². The first-order valence-electron chi connectivity index (χ1n) is 7.35. The first-order chi connectivity index (χ1) is 10.1. The van der Waals surface area contributed by atoms with Crippen LogP contribution in [-0.4, -0.2) is 40.9 Å². The fraction of sp³-hybridized carbons (Fsp3) is 0.533. The molecule has 112 valence electrons. The van der Waals surface area contributed by atoms with Crippen LogP contribution in [0.4, 0.5) is 0 Å². The molecule has 2 aliphatic rings. The maximum absolute atomic E-state index is 12.1. The number of hydrogen-bond acceptors (Lipinski definition) is 4. The highest BCUT2D eigenvalue weighted by atomic mass is 16.5. The second-order valence-electron chi connectivity index (χ2n) is 5.68. The number of rotatable bonds is 4. The molecule has 2 heterocycles. The van der Waals surface area contributed by atoms with E-state index in [0.717, 1.165) is 32.2 Å². The molecule has 2 fully saturated rings. The predicted octanol–water partition coefficient (Wildman–Crippen LogP) is 0.960. The van der Waals surface area contributed by atoms with Gasteiger partial charge in [-0.2, -0.15) is 0 Å². The van der Waals surface area contributed by atoms with Crippen molar-refractivity contribution in [1.29, 1.82) is 0 Å². The van der Waals surface area contributed by atoms with E-state index in [1.165, 1.54) is 6.20 Å². The van der Waals surface area contributed by atoms with Crippen molar-refractivity contribution in [2.24, 2.45) is 11.7 Å². The SMILES string of the molecule is NC(=O)c1cc(OC2CCCN(C(=O)C3CC3)C2)ccn1. The van der Waals surface area contributed by atoms with Crippen LogP contribution < -0.4 is 10.5 Å². The Labute approximate surface area is 123 Å². The van der Waals surface area contributed by atoms with Crippen molar-refractivity contribution < 1.29 is 14.3 Å². The standard InChI is InChI=1S/C15H19N3O3/c16-14(19)13-8-11(5-6-17-13)21-12-2-1-7-18(9-12)15(20)10-3-4-10/h5-6,8,10,12H,1-4,7,9H2,(H2,16,19). The third-order valence-electron chi connectivity index (χ3n) is 3.90. The van der Waals surface area contributed by atoms with Crippen LogP contribution in [0.3, 0.4) is 0 Å². The third kappa shape index (κ3) is 3.32. The monoisotopic (exact) mass is 289 g/mol. The van der Waals surface area contributed by atoms with Crippen molar-refractivity contribution >= 4 is 11.8 Å². The van der Waals surface area contributed by atoms with E-state index in [2.05, 4.69) is 4.98 Å². The average molecular weight is 289 g/mol. The van der Waals surface area contributed by atoms with Gasteiger partial charge in [0.05, 0.1) is 6.54 Å². The van der Waals surface area contributed by atoms with Crippen LogP contribution in [0, 0.1) is 5.92 Å². The summed E-state index contributed by atoms with van der Waals surface area (Å²) in [5.41, 5.74) is 5.40. The zero-order valence-electron chi connectivity index (χ0n) is 11.8. The Hall–Kier alpha value is -2.11. The molecule has 3 rings (SSSR count). The number of primary amides is 1. The Balaban J connectivity index is 1.62. The second kappa shape index (κ2) is 5.71. The lowest BCUT2D eigenvalue weighted by atomic mass is 10.1. The molecule has 1 aliphatic heterocycles. The number of hydrogen-bond donors (Lipinski definition) is 1. The lowest BCUT2D eigenvalue weighted by molar-refractivity contribution is -0.135. The van der Waals surface area contributed by atoms with Gasteiger partial charge in [-0.25, -0.2) is 0 Å². The molecule has 6 heteroatoms. The summed E-state index contributed by atoms with van der Waals surface area (Å²) >= 11 is 0. The number of aromatic nitrogens is 1. The van der Waals surface area contributed by atoms with E-state index in [-0.39, 0.29) is 23.6 Å². The van der Waals surface area contributed by atoms with Crippen LogP contribution in [0.2, 0.25) is 0 Å². The topological polar surface area (TPSA) is 85.5 Å². The lowest BCUT2D eigenvalue weighted by Crippen LogP contribution is -2.45. The Morgan fingerprint density at radius 1 is 1.33 bits per heavy atom. The van der Waals surface area contributed by atoms with Gasteiger partial charge in [-0.3, -0.25) is 14.6 Å². The molecule has 0 aromatic carbocycles. The number of amides is 2. The molecule has 6 nitrogen and oxygen atoms in total. The van der Waals surface area contributed by atoms with Crippen molar-refractivity contribution in [2.75, 3.05) is 13.1 Å². The summed E-state index contributed by atoms with van der Waals surface area (Å²) in [6, 6.07) is 3.25. The number of nitrogens with two attached hydrogens (primary N) is 1. The molecule has 1 aromatic heterocycles. The van der Waals surface area contributed by atoms with E-state index < -0.39 is 5.91 Å². The third-order valence-corrected chi connectivity index (χ3v) is 3.90. The summed E-state index contributed by atoms with van der Waals surface area (Å²) in [6.07, 6.45) is 5.36. The molecule has 1 saturated heterocycles. The highest BCUT2D eigenvalue weighted by molar-refractivity contribution is 5.91. The first-order valence-corrected chi connectivity index (χ1v) is 7.35. The zero-order valence-corrected chi connectivity index (χ0v) is 11.8. The Kier molecular flexibility index (Phi) is 3.77. The predicted molar refractivity (Wildman–Crippen MR) is 75.7 cm³/mol. The Morgan fingerprint density at radius 3 is 2.86 bits per heavy atom. The molecular weight excluding hydrogens is 270 g/mol. The smallest absolute Gasteiger partial charge is 0.267 e. The van der Waals surface area contributed by atoms with Gasteiger partial charge in [0, 0.05) is 24.7 Å². The van der Waals surface area contributed by atoms with Gasteiger partial charge in [0.25, 0.3) is 5.91 Å². The van der Waals surface area contributed by atoms with Crippen LogP contribution in [0.15, 0.2) is 18.3 Å². The van der Waals surface area contributed by atoms with Crippen LogP contribution in [0.5, 0.6) is 5.75 Å². The van der Waals surface area contributed by atoms with Crippen molar-refractivity contribution in [2.45, 2.75) is 31.8 Å². The molecule has 2 N–H and O–H groups in total. The zero-order chi connectivity index (χ0) is 14.8. The van der Waals surface area contributed by atoms with Gasteiger partial charge in [0.2, 0.25) is 5.91 Å². The van der Waals surface area contributed by atoms with Crippen molar-refractivity contribution in [3.05, 3.63) is 24.0 Å². The number of pyridine rings is 1. The van der Waals surface area contributed by atoms with E-state index in [0.29, 0.717) is 12.3 Å². The van der Waals surface area contributed by atoms with Crippen LogP contribution in [0.1, 0.15) is 36.2 Å². The number of likely N-dealkylation sites (tertiary alicyclic amines) is 1. The highest BCUT2D eigenvalue weighted by Gasteiger charge is 2.35. The quantitative estimate of drug-likeness (QED) is 0.894. The van der Waals surface area contributed by atoms with E-state index in [1.807, 2.05) is 4.90 Å². The van der Waals surface area contributed by atoms with Gasteiger partial charge < -0.3 is 15.4 Å². The summed E-state index contributed by atoms with van der Waals surface area (Å²) in [6.45, 7) is 1.43. The van der Waals surface area contributed by atoms with Gasteiger partial charge in [-0.1, -0.05) is 0 Å². The lowest BCUT2D eigenvalue weighted by Gasteiger charge is -2.33. The summed E-state index contributed by atoms with van der Waals surface area (Å²) in [5, 5.41) is 0. The van der Waals surface area contributed by atoms with Crippen molar-refractivity contribution in [3.63, 3.8) is 0 Å². The average Bonchev–Trinajstić information content (AvgIpc) is 3.32. The summed E-state index contributed by atoms with van der Waals surface area (Å²) in [4.78, 5) is 29.0. The molecule has 1 aliphatic carbocycles. The van der Waals surface area contributed by atoms with E-state index in [9.17, 15) is 9.59 Å². The Bertz CT molecular complexity index is 557. The summed E-state index contributed by atoms with van der Waals surface area (Å²) in [5.74, 6) is 0.501. The number of nitrogens with zero attached hydrogens (tertiary/aromatic N) is 2. The second-order valence-corrected chi connectivity index (χ2v) is 5.68. The molecule has 2 amide bonds. The fourth-order valence-electron chi connectivity index (χ4n) is 2.63. The molecular formula is C15H19N3O3. The number of piperidine rings is 1. The molecule has 0 radical (unpaired) electrons. The molecule has 0 spiro atoms. The molecule has 1 saturated carbocycles. The fourth-order valence-corrected chi connectivity index (χ4v) is 2.63. The molecule has 1 atom stereocenters. The summed E-state index contributed by atoms with van der Waals surface area (Å²) in [7, 11) is 0. The number of ether oxygens (including phenoxy) is 1. The molecule has 1 unspecified atom stereocenters. The first kappa shape index (κ1) is 13.9. The summed E-state index contributed by atoms with van der Waals surface area (Å²) < 4.78 is 5.89. The molecule has 21 heavy (non-hydrogen) atoms. The van der Waals surface area contributed by atoms with Crippen molar-refractivity contribution in [3.8, 4) is 5.75 Å². The van der Waals surface area contributed by atoms with Gasteiger partial charge in [0.15, 0.2) is 0 Å². The van der Waals surface area contributed by atoms with Crippen LogP contribution >= 0.6 is 0 Å². The van der Waals surface area contributed by atoms with E-state index in [4.69, 9.17) is 10.5 Å². The number of carbonyl (C=O) groups excluding carboxylic acids is 2. The van der Waals surface area contributed by atoms with Gasteiger partial charge in [0.1, 0.15) is 17.5 Å². The molecule has 0 bridgehead atoms. The van der Waals surface area contributed by atoms with Gasteiger partial charge in [-0.15, -0.1) is 0 Å². The molecule has 1 aromatic rings. The van der Waals surface area contributed by atoms with Crippen LogP contribution in [-0.2, 0) is 4.79 Å². The largest absolute Gasteiger partial charge is 0.488 e.